The van der Waals surface area contributed by atoms with Crippen LogP contribution in [0, 0.1) is 44.1 Å². The van der Waals surface area contributed by atoms with E-state index in [4.69, 9.17) is 5.73 Å². The molecule has 1 aromatic carbocycles. The standard InChI is InChI=1S/C12H18N.Ac/c1-12(2,3)11-6-4-10(5-7-11)8-9-13;/h4-7,13H,8-9H2,1-3H3;/q-1;. The molecule has 0 unspecified atom stereocenters. The fourth-order valence-electron chi connectivity index (χ4n) is 1.32. The summed E-state index contributed by atoms with van der Waals surface area (Å²) in [5.74, 6) is 0. The molecule has 14 heavy (non-hydrogen) atoms. The van der Waals surface area contributed by atoms with Crippen LogP contribution in [0.4, 0.5) is 0 Å². The molecule has 0 fully saturated rings. The molecule has 0 heterocycles. The van der Waals surface area contributed by atoms with E-state index in [1.165, 1.54) is 11.1 Å². The summed E-state index contributed by atoms with van der Waals surface area (Å²) in [4.78, 5) is 0. The smallest absolute Gasteiger partial charge is 0 e. The first kappa shape index (κ1) is 14.6. The van der Waals surface area contributed by atoms with Crippen LogP contribution in [0.25, 0.3) is 5.73 Å². The molecule has 0 aliphatic rings. The van der Waals surface area contributed by atoms with Gasteiger partial charge in [0.1, 0.15) is 0 Å². The Labute approximate surface area is 123 Å². The van der Waals surface area contributed by atoms with Gasteiger partial charge in [-0.3, -0.25) is 0 Å². The molecule has 75 valence electrons. The van der Waals surface area contributed by atoms with Crippen molar-refractivity contribution in [3.8, 4) is 0 Å². The SMILES string of the molecule is CC(C)(C)c1ccc(CC[NH-])cc1.[Ac]. The maximum Gasteiger partial charge on any atom is 0 e. The average Bonchev–Trinajstić information content (AvgIpc) is 2.04. The van der Waals surface area contributed by atoms with Crippen LogP contribution in [0.5, 0.6) is 0 Å². The Balaban J connectivity index is 0.00000169. The zero-order valence-corrected chi connectivity index (χ0v) is 14.0. The fourth-order valence-corrected chi connectivity index (χ4v) is 1.32. The van der Waals surface area contributed by atoms with Crippen molar-refractivity contribution in [3.63, 3.8) is 0 Å². The third kappa shape index (κ3) is 4.43. The Hall–Kier alpha value is 0.622. The molecule has 1 radical (unpaired) electrons. The third-order valence-electron chi connectivity index (χ3n) is 2.23. The first-order valence-corrected chi connectivity index (χ1v) is 4.78. The second kappa shape index (κ2) is 6.26. The zero-order valence-electron chi connectivity index (χ0n) is 9.30. The van der Waals surface area contributed by atoms with Crippen LogP contribution >= 0.6 is 0 Å². The molecule has 1 rings (SSSR count). The second-order valence-electron chi connectivity index (χ2n) is 4.45. The van der Waals surface area contributed by atoms with Crippen molar-refractivity contribution >= 4 is 0 Å². The Kier molecular flexibility index (Phi) is 6.54. The van der Waals surface area contributed by atoms with E-state index >= 15 is 0 Å². The minimum Gasteiger partial charge on any atom is -0.677 e. The Morgan fingerprint density at radius 1 is 1.07 bits per heavy atom. The van der Waals surface area contributed by atoms with Crippen LogP contribution in [0.1, 0.15) is 31.9 Å². The molecule has 0 spiro atoms. The summed E-state index contributed by atoms with van der Waals surface area (Å²) >= 11 is 0. The summed E-state index contributed by atoms with van der Waals surface area (Å²) in [5.41, 5.74) is 9.98. The summed E-state index contributed by atoms with van der Waals surface area (Å²) in [6, 6.07) is 8.61. The van der Waals surface area contributed by atoms with Gasteiger partial charge in [0.25, 0.3) is 0 Å². The fraction of sp³-hybridized carbons (Fsp3) is 0.500. The molecular formula is C12H18AcN-. The molecule has 0 aromatic heterocycles. The number of hydrogen-bond acceptors (Lipinski definition) is 0. The van der Waals surface area contributed by atoms with Crippen LogP contribution in [-0.4, -0.2) is 6.54 Å². The summed E-state index contributed by atoms with van der Waals surface area (Å²) < 4.78 is 0. The van der Waals surface area contributed by atoms with E-state index in [2.05, 4.69) is 45.0 Å². The zero-order chi connectivity index (χ0) is 9.90. The Morgan fingerprint density at radius 3 is 1.93 bits per heavy atom. The van der Waals surface area contributed by atoms with Crippen molar-refractivity contribution in [1.29, 1.82) is 0 Å². The molecule has 1 N–H and O–H groups in total. The Bertz CT molecular complexity index is 259. The van der Waals surface area contributed by atoms with Gasteiger partial charge < -0.3 is 5.73 Å². The van der Waals surface area contributed by atoms with E-state index < -0.39 is 0 Å². The van der Waals surface area contributed by atoms with Crippen LogP contribution < -0.4 is 0 Å². The molecule has 1 aromatic rings. The molecule has 0 aliphatic carbocycles. The van der Waals surface area contributed by atoms with E-state index in [1.807, 2.05) is 0 Å². The van der Waals surface area contributed by atoms with Gasteiger partial charge in [0.2, 0.25) is 0 Å². The van der Waals surface area contributed by atoms with E-state index in [9.17, 15) is 0 Å². The maximum absolute atomic E-state index is 7.12. The van der Waals surface area contributed by atoms with Crippen molar-refractivity contribution in [2.45, 2.75) is 32.6 Å². The van der Waals surface area contributed by atoms with E-state index in [-0.39, 0.29) is 49.5 Å². The van der Waals surface area contributed by atoms with Crippen LogP contribution in [0.15, 0.2) is 24.3 Å². The quantitative estimate of drug-likeness (QED) is 0.721. The summed E-state index contributed by atoms with van der Waals surface area (Å²) in [6.45, 7) is 7.13. The maximum atomic E-state index is 7.12. The number of rotatable bonds is 2. The Morgan fingerprint density at radius 2 is 1.57 bits per heavy atom. The predicted molar refractivity (Wildman–Crippen MR) is 58.0 cm³/mol. The van der Waals surface area contributed by atoms with Crippen molar-refractivity contribution in [2.24, 2.45) is 0 Å². The second-order valence-corrected chi connectivity index (χ2v) is 4.45. The molecule has 0 bridgehead atoms. The van der Waals surface area contributed by atoms with Crippen molar-refractivity contribution in [2.75, 3.05) is 6.54 Å². The molecule has 0 atom stereocenters. The van der Waals surface area contributed by atoms with Crippen molar-refractivity contribution < 1.29 is 44.1 Å². The summed E-state index contributed by atoms with van der Waals surface area (Å²) in [5, 5.41) is 0. The minimum absolute atomic E-state index is 0. The normalized spacial score (nSPS) is 10.9. The molecule has 0 amide bonds. The van der Waals surface area contributed by atoms with E-state index in [1.54, 1.807) is 0 Å². The third-order valence-corrected chi connectivity index (χ3v) is 2.23. The average molecular weight is 403 g/mol. The largest absolute Gasteiger partial charge is 0.677 e. The first-order valence-electron chi connectivity index (χ1n) is 4.78. The molecular weight excluding hydrogens is 385 g/mol. The van der Waals surface area contributed by atoms with Gasteiger partial charge in [0, 0.05) is 44.1 Å². The molecule has 2 heteroatoms. The van der Waals surface area contributed by atoms with Crippen molar-refractivity contribution in [3.05, 3.63) is 41.1 Å². The molecule has 0 saturated heterocycles. The van der Waals surface area contributed by atoms with Crippen LogP contribution in [0.2, 0.25) is 0 Å². The van der Waals surface area contributed by atoms with Gasteiger partial charge in [-0.05, 0) is 23.0 Å². The summed E-state index contributed by atoms with van der Waals surface area (Å²) in [6.07, 6.45) is 0.865. The summed E-state index contributed by atoms with van der Waals surface area (Å²) in [7, 11) is 0. The van der Waals surface area contributed by atoms with Gasteiger partial charge in [-0.2, -0.15) is 0 Å². The predicted octanol–water partition coefficient (Wildman–Crippen LogP) is 3.58. The number of nitrogens with one attached hydrogen (secondary N) is 1. The van der Waals surface area contributed by atoms with Gasteiger partial charge in [0.15, 0.2) is 0 Å². The van der Waals surface area contributed by atoms with Crippen LogP contribution in [-0.2, 0) is 11.8 Å². The number of benzene rings is 1. The van der Waals surface area contributed by atoms with Gasteiger partial charge in [-0.1, -0.05) is 45.0 Å². The van der Waals surface area contributed by atoms with E-state index in [0.717, 1.165) is 6.42 Å². The first-order chi connectivity index (χ1) is 6.04. The monoisotopic (exact) mass is 403 g/mol. The van der Waals surface area contributed by atoms with Gasteiger partial charge in [0.05, 0.1) is 0 Å². The molecule has 0 aliphatic heterocycles. The minimum atomic E-state index is 0. The van der Waals surface area contributed by atoms with E-state index in [0.29, 0.717) is 6.54 Å². The molecule has 1 nitrogen and oxygen atoms in total. The van der Waals surface area contributed by atoms with Crippen LogP contribution in [0.3, 0.4) is 0 Å². The van der Waals surface area contributed by atoms with Gasteiger partial charge in [-0.25, -0.2) is 0 Å². The number of hydrogen-bond donors (Lipinski definition) is 0. The topological polar surface area (TPSA) is 23.8 Å². The molecule has 0 saturated carbocycles. The van der Waals surface area contributed by atoms with Crippen molar-refractivity contribution in [1.82, 2.24) is 0 Å². The van der Waals surface area contributed by atoms with Gasteiger partial charge in [-0.15, -0.1) is 6.54 Å². The van der Waals surface area contributed by atoms with Gasteiger partial charge >= 0.3 is 0 Å².